The topological polar surface area (TPSA) is 95.1 Å². The number of rotatable bonds is 5. The van der Waals surface area contributed by atoms with Crippen molar-refractivity contribution in [1.29, 1.82) is 0 Å². The number of fused-ring (bicyclic) bond motifs is 1. The zero-order chi connectivity index (χ0) is 19.7. The van der Waals surface area contributed by atoms with E-state index in [1.54, 1.807) is 13.2 Å². The number of methoxy groups -OCH3 is 1. The number of pyridine rings is 1. The first-order valence-electron chi connectivity index (χ1n) is 8.80. The van der Waals surface area contributed by atoms with E-state index in [9.17, 15) is 13.2 Å². The first-order valence-corrected chi connectivity index (χ1v) is 10.2. The maximum absolute atomic E-state index is 13.1. The van der Waals surface area contributed by atoms with E-state index < -0.39 is 15.7 Å². The molecule has 28 heavy (non-hydrogen) atoms. The van der Waals surface area contributed by atoms with Gasteiger partial charge in [0.25, 0.3) is 0 Å². The molecule has 1 aliphatic rings. The SMILES string of the molecule is COc1cccc(Cn2nc3c(S(=O)(=O)N4CCOCC4)cccn3c2=O)c1. The lowest BCUT2D eigenvalue weighted by molar-refractivity contribution is 0.0730. The lowest BCUT2D eigenvalue weighted by Gasteiger charge is -2.25. The van der Waals surface area contributed by atoms with Gasteiger partial charge in [0.2, 0.25) is 10.0 Å². The van der Waals surface area contributed by atoms with Crippen molar-refractivity contribution in [3.05, 3.63) is 58.6 Å². The molecular weight excluding hydrogens is 384 g/mol. The van der Waals surface area contributed by atoms with Gasteiger partial charge in [-0.05, 0) is 29.8 Å². The van der Waals surface area contributed by atoms with E-state index in [2.05, 4.69) is 5.10 Å². The summed E-state index contributed by atoms with van der Waals surface area (Å²) in [6.45, 7) is 1.45. The largest absolute Gasteiger partial charge is 0.497 e. The van der Waals surface area contributed by atoms with Crippen LogP contribution >= 0.6 is 0 Å². The molecule has 0 amide bonds. The lowest BCUT2D eigenvalue weighted by atomic mass is 10.2. The van der Waals surface area contributed by atoms with Crippen LogP contribution in [0.2, 0.25) is 0 Å². The summed E-state index contributed by atoms with van der Waals surface area (Å²) < 4.78 is 40.4. The van der Waals surface area contributed by atoms with E-state index >= 15 is 0 Å². The van der Waals surface area contributed by atoms with E-state index in [0.717, 1.165) is 5.56 Å². The second-order valence-corrected chi connectivity index (χ2v) is 8.28. The first-order chi connectivity index (χ1) is 13.5. The Morgan fingerprint density at radius 3 is 2.71 bits per heavy atom. The van der Waals surface area contributed by atoms with Gasteiger partial charge in [-0.3, -0.25) is 0 Å². The minimum atomic E-state index is -3.78. The molecule has 0 N–H and O–H groups in total. The van der Waals surface area contributed by atoms with Crippen LogP contribution in [0.3, 0.4) is 0 Å². The van der Waals surface area contributed by atoms with Crippen molar-refractivity contribution in [2.45, 2.75) is 11.4 Å². The molecule has 0 bridgehead atoms. The molecule has 3 heterocycles. The van der Waals surface area contributed by atoms with Gasteiger partial charge in [-0.1, -0.05) is 12.1 Å². The van der Waals surface area contributed by atoms with E-state index in [1.165, 1.54) is 25.7 Å². The third kappa shape index (κ3) is 3.30. The Bertz CT molecular complexity index is 1160. The van der Waals surface area contributed by atoms with Gasteiger partial charge in [-0.2, -0.15) is 4.31 Å². The van der Waals surface area contributed by atoms with Crippen molar-refractivity contribution >= 4 is 15.7 Å². The summed E-state index contributed by atoms with van der Waals surface area (Å²) in [6.07, 6.45) is 1.52. The predicted molar refractivity (Wildman–Crippen MR) is 101 cm³/mol. The van der Waals surface area contributed by atoms with E-state index in [4.69, 9.17) is 9.47 Å². The van der Waals surface area contributed by atoms with Gasteiger partial charge in [0.1, 0.15) is 10.6 Å². The number of hydrogen-bond acceptors (Lipinski definition) is 6. The van der Waals surface area contributed by atoms with Crippen molar-refractivity contribution < 1.29 is 17.9 Å². The quantitative estimate of drug-likeness (QED) is 0.617. The Labute approximate surface area is 161 Å². The van der Waals surface area contributed by atoms with Crippen LogP contribution in [0.5, 0.6) is 5.75 Å². The van der Waals surface area contributed by atoms with Gasteiger partial charge in [0, 0.05) is 19.3 Å². The monoisotopic (exact) mass is 404 g/mol. The Kier molecular flexibility index (Phi) is 4.92. The maximum Gasteiger partial charge on any atom is 0.350 e. The standard InChI is InChI=1S/C18H20N4O5S/c1-26-15-5-2-4-14(12-15)13-22-18(23)21-7-3-6-16(17(21)19-22)28(24,25)20-8-10-27-11-9-20/h2-7,12H,8-11,13H2,1H3. The highest BCUT2D eigenvalue weighted by Crippen LogP contribution is 2.20. The van der Waals surface area contributed by atoms with Crippen molar-refractivity contribution in [3.63, 3.8) is 0 Å². The number of sulfonamides is 1. The average molecular weight is 404 g/mol. The highest BCUT2D eigenvalue weighted by Gasteiger charge is 2.29. The van der Waals surface area contributed by atoms with Gasteiger partial charge >= 0.3 is 5.69 Å². The predicted octanol–water partition coefficient (Wildman–Crippen LogP) is 0.574. The molecule has 9 nitrogen and oxygen atoms in total. The fraction of sp³-hybridized carbons (Fsp3) is 0.333. The highest BCUT2D eigenvalue weighted by atomic mass is 32.2. The summed E-state index contributed by atoms with van der Waals surface area (Å²) in [7, 11) is -2.21. The van der Waals surface area contributed by atoms with Gasteiger partial charge in [-0.25, -0.2) is 22.3 Å². The van der Waals surface area contributed by atoms with Gasteiger partial charge in [0.15, 0.2) is 5.65 Å². The van der Waals surface area contributed by atoms with Gasteiger partial charge in [-0.15, -0.1) is 5.10 Å². The van der Waals surface area contributed by atoms with Crippen LogP contribution in [0.4, 0.5) is 0 Å². The normalized spacial score (nSPS) is 15.8. The summed E-state index contributed by atoms with van der Waals surface area (Å²) in [5.41, 5.74) is 0.529. The molecule has 2 aromatic heterocycles. The number of morpholine rings is 1. The molecule has 0 saturated carbocycles. The fourth-order valence-electron chi connectivity index (χ4n) is 3.19. The number of aromatic nitrogens is 3. The minimum absolute atomic E-state index is 0.0124. The summed E-state index contributed by atoms with van der Waals surface area (Å²) in [5, 5.41) is 4.31. The molecular formula is C18H20N4O5S. The number of benzene rings is 1. The molecule has 0 atom stereocenters. The van der Waals surface area contributed by atoms with Crippen molar-refractivity contribution in [2.24, 2.45) is 0 Å². The Hall–Kier alpha value is -2.69. The summed E-state index contributed by atoms with van der Waals surface area (Å²) in [6, 6.07) is 10.3. The van der Waals surface area contributed by atoms with Crippen LogP contribution < -0.4 is 10.4 Å². The van der Waals surface area contributed by atoms with Crippen LogP contribution in [0.1, 0.15) is 5.56 Å². The van der Waals surface area contributed by atoms with E-state index in [-0.39, 0.29) is 30.2 Å². The zero-order valence-corrected chi connectivity index (χ0v) is 16.1. The van der Waals surface area contributed by atoms with Crippen LogP contribution in [0.25, 0.3) is 5.65 Å². The molecule has 1 aromatic carbocycles. The Morgan fingerprint density at radius 2 is 1.96 bits per heavy atom. The lowest BCUT2D eigenvalue weighted by Crippen LogP contribution is -2.40. The fourth-order valence-corrected chi connectivity index (χ4v) is 4.72. The Balaban J connectivity index is 1.76. The van der Waals surface area contributed by atoms with E-state index in [1.807, 2.05) is 24.3 Å². The second-order valence-electron chi connectivity index (χ2n) is 6.37. The van der Waals surface area contributed by atoms with Gasteiger partial charge in [0.05, 0.1) is 26.9 Å². The highest BCUT2D eigenvalue weighted by molar-refractivity contribution is 7.89. The molecule has 0 radical (unpaired) electrons. The molecule has 0 spiro atoms. The summed E-state index contributed by atoms with van der Waals surface area (Å²) in [4.78, 5) is 12.8. The molecule has 4 rings (SSSR count). The minimum Gasteiger partial charge on any atom is -0.497 e. The molecule has 1 aliphatic heterocycles. The molecule has 0 unspecified atom stereocenters. The third-order valence-corrected chi connectivity index (χ3v) is 6.55. The first kappa shape index (κ1) is 18.7. The molecule has 10 heteroatoms. The molecule has 3 aromatic rings. The molecule has 1 saturated heterocycles. The van der Waals surface area contributed by atoms with Crippen LogP contribution in [-0.2, 0) is 21.3 Å². The Morgan fingerprint density at radius 1 is 1.18 bits per heavy atom. The summed E-state index contributed by atoms with van der Waals surface area (Å²) in [5.74, 6) is 0.671. The number of ether oxygens (including phenoxy) is 2. The second kappa shape index (κ2) is 7.38. The van der Waals surface area contributed by atoms with Crippen molar-refractivity contribution in [2.75, 3.05) is 33.4 Å². The average Bonchev–Trinajstić information content (AvgIpc) is 3.04. The number of hydrogen-bond donors (Lipinski definition) is 0. The molecule has 1 fully saturated rings. The van der Waals surface area contributed by atoms with E-state index in [0.29, 0.717) is 19.0 Å². The molecule has 148 valence electrons. The zero-order valence-electron chi connectivity index (χ0n) is 15.3. The number of nitrogens with zero attached hydrogens (tertiary/aromatic N) is 4. The summed E-state index contributed by atoms with van der Waals surface area (Å²) >= 11 is 0. The maximum atomic E-state index is 13.1. The van der Waals surface area contributed by atoms with Crippen molar-refractivity contribution in [1.82, 2.24) is 18.5 Å². The van der Waals surface area contributed by atoms with Crippen molar-refractivity contribution in [3.8, 4) is 5.75 Å². The molecule has 0 aliphatic carbocycles. The van der Waals surface area contributed by atoms with Crippen LogP contribution in [-0.4, -0.2) is 60.3 Å². The van der Waals surface area contributed by atoms with Crippen LogP contribution in [0.15, 0.2) is 52.3 Å². The van der Waals surface area contributed by atoms with Crippen LogP contribution in [0, 0.1) is 0 Å². The smallest absolute Gasteiger partial charge is 0.350 e. The third-order valence-electron chi connectivity index (χ3n) is 4.63. The van der Waals surface area contributed by atoms with Gasteiger partial charge < -0.3 is 9.47 Å².